The summed E-state index contributed by atoms with van der Waals surface area (Å²) in [7, 11) is 0. The highest BCUT2D eigenvalue weighted by molar-refractivity contribution is 6.31. The van der Waals surface area contributed by atoms with E-state index in [1.54, 1.807) is 24.4 Å². The summed E-state index contributed by atoms with van der Waals surface area (Å²) in [5, 5.41) is 5.35. The van der Waals surface area contributed by atoms with Gasteiger partial charge in [0.05, 0.1) is 17.1 Å². The lowest BCUT2D eigenvalue weighted by molar-refractivity contribution is -0.137. The smallest absolute Gasteiger partial charge is 0.417 e. The zero-order valence-corrected chi connectivity index (χ0v) is 18.6. The Morgan fingerprint density at radius 2 is 1.94 bits per heavy atom. The molecule has 0 radical (unpaired) electrons. The van der Waals surface area contributed by atoms with Crippen molar-refractivity contribution in [2.75, 3.05) is 19.6 Å². The van der Waals surface area contributed by atoms with Gasteiger partial charge in [-0.25, -0.2) is 0 Å². The van der Waals surface area contributed by atoms with Crippen LogP contribution in [0.3, 0.4) is 0 Å². The summed E-state index contributed by atoms with van der Waals surface area (Å²) in [6.07, 6.45) is -2.52. The number of ether oxygens (including phenoxy) is 1. The molecule has 1 amide bonds. The minimum absolute atomic E-state index is 0.108. The Labute approximate surface area is 198 Å². The van der Waals surface area contributed by atoms with Crippen LogP contribution in [0.4, 0.5) is 13.2 Å². The van der Waals surface area contributed by atoms with Crippen LogP contribution in [0.15, 0.2) is 65.8 Å². The van der Waals surface area contributed by atoms with Crippen molar-refractivity contribution in [2.24, 2.45) is 4.99 Å². The second kappa shape index (κ2) is 10.1. The van der Waals surface area contributed by atoms with Crippen LogP contribution in [-0.4, -0.2) is 36.4 Å². The number of rotatable bonds is 7. The molecule has 1 aliphatic heterocycles. The average Bonchev–Trinajstić information content (AvgIpc) is 3.34. The Balaban J connectivity index is 1.35. The van der Waals surface area contributed by atoms with Gasteiger partial charge in [-0.2, -0.15) is 13.2 Å². The average molecular weight is 489 g/mol. The van der Waals surface area contributed by atoms with E-state index < -0.39 is 22.7 Å². The van der Waals surface area contributed by atoms with Crippen molar-refractivity contribution >= 4 is 23.3 Å². The van der Waals surface area contributed by atoms with Crippen molar-refractivity contribution in [3.8, 4) is 11.5 Å². The maximum absolute atomic E-state index is 13.0. The molecule has 0 bridgehead atoms. The first-order valence-corrected chi connectivity index (χ1v) is 10.8. The second-order valence-corrected chi connectivity index (χ2v) is 7.89. The normalized spacial score (nSPS) is 13.2. The van der Waals surface area contributed by atoms with Crippen LogP contribution < -0.4 is 15.4 Å². The number of hydrogen-bond acceptors (Lipinski definition) is 5. The number of amides is 1. The molecule has 1 aliphatic rings. The summed E-state index contributed by atoms with van der Waals surface area (Å²) in [4.78, 5) is 21.0. The van der Waals surface area contributed by atoms with Crippen LogP contribution in [0.25, 0.3) is 0 Å². The van der Waals surface area contributed by atoms with Gasteiger partial charge in [0.2, 0.25) is 0 Å². The van der Waals surface area contributed by atoms with Crippen molar-refractivity contribution < 1.29 is 22.7 Å². The van der Waals surface area contributed by atoms with Gasteiger partial charge in [0, 0.05) is 30.9 Å². The van der Waals surface area contributed by atoms with E-state index in [9.17, 15) is 18.0 Å². The Kier molecular flexibility index (Phi) is 7.02. The van der Waals surface area contributed by atoms with Crippen LogP contribution in [0.1, 0.15) is 27.2 Å². The molecular formula is C24H20ClF3N4O2. The van der Waals surface area contributed by atoms with E-state index in [0.717, 1.165) is 30.1 Å². The van der Waals surface area contributed by atoms with Crippen LogP contribution in [-0.2, 0) is 12.6 Å². The third-order valence-electron chi connectivity index (χ3n) is 5.02. The Morgan fingerprint density at radius 3 is 2.71 bits per heavy atom. The first-order valence-electron chi connectivity index (χ1n) is 10.5. The fourth-order valence-electron chi connectivity index (χ4n) is 3.38. The topological polar surface area (TPSA) is 75.6 Å². The predicted octanol–water partition coefficient (Wildman–Crippen LogP) is 4.87. The minimum atomic E-state index is -4.63. The first kappa shape index (κ1) is 23.6. The summed E-state index contributed by atoms with van der Waals surface area (Å²) >= 11 is 5.61. The van der Waals surface area contributed by atoms with Gasteiger partial charge in [-0.05, 0) is 48.4 Å². The number of nitrogens with one attached hydrogen (secondary N) is 2. The summed E-state index contributed by atoms with van der Waals surface area (Å²) < 4.78 is 45.0. The monoisotopic (exact) mass is 488 g/mol. The molecule has 0 fully saturated rings. The molecule has 34 heavy (non-hydrogen) atoms. The molecule has 1 aromatic heterocycles. The van der Waals surface area contributed by atoms with Crippen molar-refractivity contribution in [1.82, 2.24) is 15.6 Å². The summed E-state index contributed by atoms with van der Waals surface area (Å²) in [6.45, 7) is 1.72. The Morgan fingerprint density at radius 1 is 1.12 bits per heavy atom. The number of carbonyl (C=O) groups is 1. The Bertz CT molecular complexity index is 1230. The second-order valence-electron chi connectivity index (χ2n) is 7.48. The largest absolute Gasteiger partial charge is 0.457 e. The number of amidine groups is 1. The third-order valence-corrected chi connectivity index (χ3v) is 5.35. The third kappa shape index (κ3) is 5.85. The van der Waals surface area contributed by atoms with Crippen molar-refractivity contribution in [1.29, 1.82) is 0 Å². The number of halogens is 4. The highest BCUT2D eigenvalue weighted by atomic mass is 35.5. The number of nitrogens with zero attached hydrogens (tertiary/aromatic N) is 2. The molecule has 0 atom stereocenters. The van der Waals surface area contributed by atoms with Crippen molar-refractivity contribution in [3.63, 3.8) is 0 Å². The molecule has 2 aromatic carbocycles. The molecule has 0 saturated carbocycles. The number of alkyl halides is 3. The maximum Gasteiger partial charge on any atom is 0.417 e. The molecule has 6 nitrogen and oxygen atoms in total. The van der Waals surface area contributed by atoms with Crippen molar-refractivity contribution in [3.05, 3.63) is 88.2 Å². The number of hydrogen-bond donors (Lipinski definition) is 2. The molecule has 2 N–H and O–H groups in total. The van der Waals surface area contributed by atoms with Gasteiger partial charge in [0.15, 0.2) is 0 Å². The first-order chi connectivity index (χ1) is 16.3. The van der Waals surface area contributed by atoms with Gasteiger partial charge >= 0.3 is 6.18 Å². The number of pyridine rings is 1. The van der Waals surface area contributed by atoms with Gasteiger partial charge in [0.25, 0.3) is 5.91 Å². The van der Waals surface area contributed by atoms with E-state index in [1.807, 2.05) is 18.2 Å². The SMILES string of the molecule is O=C(NCCc1cccc(Oc2ccnc(C3=NCCN3)c2)c1)c1ccc(Cl)c(C(F)(F)F)c1. The van der Waals surface area contributed by atoms with Gasteiger partial charge in [-0.15, -0.1) is 0 Å². The number of aliphatic imine (C=N–C) groups is 1. The van der Waals surface area contributed by atoms with E-state index in [-0.39, 0.29) is 12.1 Å². The van der Waals surface area contributed by atoms with E-state index >= 15 is 0 Å². The van der Waals surface area contributed by atoms with Gasteiger partial charge in [0.1, 0.15) is 23.0 Å². The molecule has 4 rings (SSSR count). The summed E-state index contributed by atoms with van der Waals surface area (Å²) in [5.41, 5.74) is 0.441. The van der Waals surface area contributed by atoms with E-state index in [0.29, 0.717) is 30.2 Å². The molecule has 176 valence electrons. The van der Waals surface area contributed by atoms with E-state index in [2.05, 4.69) is 20.6 Å². The lowest BCUT2D eigenvalue weighted by Crippen LogP contribution is -2.26. The van der Waals surface area contributed by atoms with Gasteiger partial charge in [-0.1, -0.05) is 23.7 Å². The van der Waals surface area contributed by atoms with Crippen LogP contribution in [0, 0.1) is 0 Å². The standard InChI is InChI=1S/C24H20ClF3N4O2/c25-20-5-4-16(13-19(20)24(26,27)28)23(33)32-8-6-15-2-1-3-17(12-15)34-18-7-9-29-21(14-18)22-30-10-11-31-22/h1-5,7,9,12-14H,6,8,10-11H2,(H,30,31)(H,32,33). The summed E-state index contributed by atoms with van der Waals surface area (Å²) in [5.74, 6) is 1.34. The van der Waals surface area contributed by atoms with Crippen molar-refractivity contribution in [2.45, 2.75) is 12.6 Å². The molecule has 0 aliphatic carbocycles. The molecular weight excluding hydrogens is 469 g/mol. The fraction of sp³-hybridized carbons (Fsp3) is 0.208. The lowest BCUT2D eigenvalue weighted by Gasteiger charge is -2.12. The molecule has 2 heterocycles. The summed E-state index contributed by atoms with van der Waals surface area (Å²) in [6, 6.07) is 14.0. The number of aromatic nitrogens is 1. The van der Waals surface area contributed by atoms with Gasteiger partial charge < -0.3 is 15.4 Å². The molecule has 0 spiro atoms. The van der Waals surface area contributed by atoms with Crippen LogP contribution >= 0.6 is 11.6 Å². The zero-order chi connectivity index (χ0) is 24.1. The van der Waals surface area contributed by atoms with E-state index in [4.69, 9.17) is 16.3 Å². The number of benzene rings is 2. The zero-order valence-electron chi connectivity index (χ0n) is 17.8. The lowest BCUT2D eigenvalue weighted by atomic mass is 10.1. The van der Waals surface area contributed by atoms with E-state index in [1.165, 1.54) is 6.07 Å². The highest BCUT2D eigenvalue weighted by Crippen LogP contribution is 2.35. The molecule has 0 unspecified atom stereocenters. The van der Waals surface area contributed by atoms with Crippen LogP contribution in [0.2, 0.25) is 5.02 Å². The fourth-order valence-corrected chi connectivity index (χ4v) is 3.61. The molecule has 3 aromatic rings. The predicted molar refractivity (Wildman–Crippen MR) is 123 cm³/mol. The molecule has 0 saturated heterocycles. The minimum Gasteiger partial charge on any atom is -0.457 e. The highest BCUT2D eigenvalue weighted by Gasteiger charge is 2.33. The maximum atomic E-state index is 13.0. The number of carbonyl (C=O) groups excluding carboxylic acids is 1. The molecule has 10 heteroatoms. The van der Waals surface area contributed by atoms with Gasteiger partial charge in [-0.3, -0.25) is 14.8 Å². The quantitative estimate of drug-likeness (QED) is 0.497. The van der Waals surface area contributed by atoms with Crippen LogP contribution in [0.5, 0.6) is 11.5 Å². The Hall–Kier alpha value is -3.59.